The first-order valence-electron chi connectivity index (χ1n) is 15.1. The first kappa shape index (κ1) is 37.1. The number of allylic oxidation sites excluding steroid dienone is 4. The number of aryl methyl sites for hydroxylation is 1. The molecule has 1 heterocycles. The van der Waals surface area contributed by atoms with Crippen LogP contribution in [0.25, 0.3) is 11.1 Å². The third-order valence-electron chi connectivity index (χ3n) is 7.09. The standard InChI is InChI=1S/C17H21FN2.C10H13N.C7H8N2S.C4H6/c1-11-7-14(12(9-19)10-20-13-3-4-13)16(18)15(8-11)17(2)5-6-17;1-8(2)10-6-4-3-5-9(10)7-11;1-8-4-2-3-7-9-5-6-10-7;1-3-4-2/h7-10,13H,3-6,19H2,1-2H3;3-6H,1,7,11H2,2H3;5-6,8H,4H2,1H3;3-4H,1-2H2/b12-9+,20-10?;;;. The molecule has 5 nitrogen and oxygen atoms in total. The molecule has 2 fully saturated rings. The van der Waals surface area contributed by atoms with E-state index in [1.54, 1.807) is 35.9 Å². The van der Waals surface area contributed by atoms with Crippen molar-refractivity contribution in [3.8, 4) is 11.8 Å². The third-order valence-corrected chi connectivity index (χ3v) is 7.77. The van der Waals surface area contributed by atoms with Crippen molar-refractivity contribution in [2.24, 2.45) is 16.5 Å². The molecule has 0 radical (unpaired) electrons. The van der Waals surface area contributed by atoms with Crippen molar-refractivity contribution < 1.29 is 4.39 Å². The number of hydrogen-bond acceptors (Lipinski definition) is 6. The fourth-order valence-electron chi connectivity index (χ4n) is 4.09. The van der Waals surface area contributed by atoms with E-state index in [4.69, 9.17) is 11.5 Å². The minimum Gasteiger partial charge on any atom is -0.404 e. The highest BCUT2D eigenvalue weighted by molar-refractivity contribution is 7.10. The molecule has 0 aliphatic heterocycles. The zero-order chi connectivity index (χ0) is 33.2. The van der Waals surface area contributed by atoms with Crippen LogP contribution in [0.5, 0.6) is 0 Å². The number of nitrogens with two attached hydrogens (primary N) is 2. The second-order valence-corrected chi connectivity index (χ2v) is 12.0. The minimum atomic E-state index is -0.130. The van der Waals surface area contributed by atoms with Crippen LogP contribution in [0.1, 0.15) is 72.4 Å². The Bertz CT molecular complexity index is 1510. The Kier molecular flexibility index (Phi) is 15.9. The number of hydrogen-bond donors (Lipinski definition) is 3. The molecule has 2 aromatic carbocycles. The second kappa shape index (κ2) is 19.3. The molecule has 0 spiro atoms. The minimum absolute atomic E-state index is 0.0121. The van der Waals surface area contributed by atoms with E-state index in [-0.39, 0.29) is 11.2 Å². The van der Waals surface area contributed by atoms with Gasteiger partial charge in [-0.25, -0.2) is 9.37 Å². The second-order valence-electron chi connectivity index (χ2n) is 11.1. The number of rotatable bonds is 8. The van der Waals surface area contributed by atoms with Crippen LogP contribution in [0.4, 0.5) is 4.39 Å². The van der Waals surface area contributed by atoms with Gasteiger partial charge in [-0.3, -0.25) is 4.99 Å². The van der Waals surface area contributed by atoms with Crippen molar-refractivity contribution in [2.45, 2.75) is 64.5 Å². The van der Waals surface area contributed by atoms with Gasteiger partial charge in [0.15, 0.2) is 5.01 Å². The summed E-state index contributed by atoms with van der Waals surface area (Å²) in [6.45, 7) is 18.0. The normalized spacial score (nSPS) is 14.2. The van der Waals surface area contributed by atoms with Gasteiger partial charge in [-0.05, 0) is 80.7 Å². The first-order valence-corrected chi connectivity index (χ1v) is 16.0. The molecule has 0 atom stereocenters. The summed E-state index contributed by atoms with van der Waals surface area (Å²) in [6, 6.07) is 12.3. The molecule has 2 aliphatic carbocycles. The molecule has 7 heteroatoms. The van der Waals surface area contributed by atoms with Crippen molar-refractivity contribution >= 4 is 28.7 Å². The zero-order valence-electron chi connectivity index (χ0n) is 27.2. The maximum Gasteiger partial charge on any atom is 0.166 e. The van der Waals surface area contributed by atoms with E-state index in [0.717, 1.165) is 53.9 Å². The fourth-order valence-corrected chi connectivity index (χ4v) is 4.60. The van der Waals surface area contributed by atoms with Crippen LogP contribution in [0.3, 0.4) is 0 Å². The Morgan fingerprint density at radius 3 is 2.38 bits per heavy atom. The van der Waals surface area contributed by atoms with Crippen molar-refractivity contribution in [1.82, 2.24) is 10.3 Å². The maximum absolute atomic E-state index is 14.8. The number of nitrogens with one attached hydrogen (secondary N) is 1. The van der Waals surface area contributed by atoms with Gasteiger partial charge in [-0.15, -0.1) is 11.3 Å². The molecule has 0 amide bonds. The average molecular weight is 626 g/mol. The van der Waals surface area contributed by atoms with E-state index in [1.807, 2.05) is 62.7 Å². The Balaban J connectivity index is 0.000000240. The lowest BCUT2D eigenvalue weighted by Crippen LogP contribution is -2.08. The van der Waals surface area contributed by atoms with Crippen LogP contribution < -0.4 is 16.8 Å². The lowest BCUT2D eigenvalue weighted by Gasteiger charge is -2.15. The third kappa shape index (κ3) is 12.8. The van der Waals surface area contributed by atoms with Gasteiger partial charge in [-0.2, -0.15) is 0 Å². The topological polar surface area (TPSA) is 89.3 Å². The number of aromatic nitrogens is 1. The molecule has 2 aliphatic rings. The Morgan fingerprint density at radius 2 is 1.89 bits per heavy atom. The summed E-state index contributed by atoms with van der Waals surface area (Å²) >= 11 is 1.56. The largest absolute Gasteiger partial charge is 0.404 e. The van der Waals surface area contributed by atoms with E-state index in [1.165, 1.54) is 17.3 Å². The van der Waals surface area contributed by atoms with Crippen LogP contribution in [-0.2, 0) is 12.0 Å². The fraction of sp³-hybridized carbons (Fsp3) is 0.316. The highest BCUT2D eigenvalue weighted by atomic mass is 32.1. The molecule has 3 aromatic rings. The van der Waals surface area contributed by atoms with Crippen molar-refractivity contribution in [1.29, 1.82) is 0 Å². The molecular weight excluding hydrogens is 578 g/mol. The van der Waals surface area contributed by atoms with E-state index in [2.05, 4.69) is 53.8 Å². The summed E-state index contributed by atoms with van der Waals surface area (Å²) in [4.78, 5) is 8.43. The highest BCUT2D eigenvalue weighted by Crippen LogP contribution is 2.49. The van der Waals surface area contributed by atoms with Crippen LogP contribution in [-0.4, -0.2) is 30.8 Å². The van der Waals surface area contributed by atoms with E-state index in [0.29, 0.717) is 23.7 Å². The number of aliphatic imine (C=N–C) groups is 1. The predicted octanol–water partition coefficient (Wildman–Crippen LogP) is 7.97. The molecule has 0 saturated heterocycles. The molecule has 0 unspecified atom stereocenters. The smallest absolute Gasteiger partial charge is 0.166 e. The van der Waals surface area contributed by atoms with Gasteiger partial charge in [0.05, 0.1) is 12.6 Å². The molecule has 0 bridgehead atoms. The van der Waals surface area contributed by atoms with Crippen molar-refractivity contribution in [3.05, 3.63) is 125 Å². The van der Waals surface area contributed by atoms with Crippen LogP contribution in [0.15, 0.2) is 91.1 Å². The molecular formula is C38H48FN5S. The van der Waals surface area contributed by atoms with Crippen LogP contribution >= 0.6 is 11.3 Å². The van der Waals surface area contributed by atoms with Crippen molar-refractivity contribution in [2.75, 3.05) is 13.6 Å². The molecule has 2 saturated carbocycles. The average Bonchev–Trinajstić information content (AvgIpc) is 3.97. The van der Waals surface area contributed by atoms with Gasteiger partial charge in [0.1, 0.15) is 5.82 Å². The SMILES string of the molecule is C=C(C)c1ccccc1CN.C=CC=C.CNCC#Cc1nccs1.Cc1cc(/C(C=NC2CC2)=C/N)c(F)c(C2(C)CC2)c1. The van der Waals surface area contributed by atoms with Gasteiger partial charge in [-0.1, -0.05) is 86.2 Å². The summed E-state index contributed by atoms with van der Waals surface area (Å²) < 4.78 is 14.8. The molecule has 45 heavy (non-hydrogen) atoms. The Hall–Kier alpha value is -4.09. The van der Waals surface area contributed by atoms with Crippen molar-refractivity contribution in [3.63, 3.8) is 0 Å². The van der Waals surface area contributed by atoms with E-state index in [9.17, 15) is 4.39 Å². The zero-order valence-corrected chi connectivity index (χ0v) is 28.0. The molecule has 238 valence electrons. The monoisotopic (exact) mass is 625 g/mol. The molecule has 5 N–H and O–H groups in total. The number of nitrogens with zero attached hydrogens (tertiary/aromatic N) is 2. The summed E-state index contributed by atoms with van der Waals surface area (Å²) in [5.74, 6) is 5.71. The predicted molar refractivity (Wildman–Crippen MR) is 194 cm³/mol. The van der Waals surface area contributed by atoms with Gasteiger partial charge >= 0.3 is 0 Å². The first-order chi connectivity index (χ1) is 21.6. The van der Waals surface area contributed by atoms with Gasteiger partial charge in [0.25, 0.3) is 0 Å². The quantitative estimate of drug-likeness (QED) is 0.135. The summed E-state index contributed by atoms with van der Waals surface area (Å²) in [5.41, 5.74) is 17.8. The van der Waals surface area contributed by atoms with Gasteiger partial charge in [0, 0.05) is 41.7 Å². The number of benzene rings is 2. The maximum atomic E-state index is 14.8. The van der Waals surface area contributed by atoms with E-state index < -0.39 is 0 Å². The summed E-state index contributed by atoms with van der Waals surface area (Å²) in [6.07, 6.45) is 12.6. The summed E-state index contributed by atoms with van der Waals surface area (Å²) in [7, 11) is 1.87. The lowest BCUT2D eigenvalue weighted by molar-refractivity contribution is 0.582. The Labute approximate surface area is 273 Å². The highest BCUT2D eigenvalue weighted by Gasteiger charge is 2.41. The van der Waals surface area contributed by atoms with Gasteiger partial charge < -0.3 is 16.8 Å². The van der Waals surface area contributed by atoms with Crippen LogP contribution in [0.2, 0.25) is 0 Å². The molecule has 5 rings (SSSR count). The van der Waals surface area contributed by atoms with Gasteiger partial charge in [0.2, 0.25) is 0 Å². The lowest BCUT2D eigenvalue weighted by atomic mass is 9.91. The summed E-state index contributed by atoms with van der Waals surface area (Å²) in [5, 5.41) is 5.74. The number of halogens is 1. The van der Waals surface area contributed by atoms with Crippen LogP contribution in [0, 0.1) is 24.6 Å². The van der Waals surface area contributed by atoms with E-state index >= 15 is 0 Å². The Morgan fingerprint density at radius 1 is 1.20 bits per heavy atom. The number of thiazole rings is 1. The molecule has 1 aromatic heterocycles.